The fourth-order valence-corrected chi connectivity index (χ4v) is 1.36. The van der Waals surface area contributed by atoms with Crippen molar-refractivity contribution >= 4 is 0 Å². The molecule has 110 valence electrons. The van der Waals surface area contributed by atoms with Gasteiger partial charge in [0, 0.05) is 30.7 Å². The molecule has 0 radical (unpaired) electrons. The number of nitrogens with zero attached hydrogens (tertiary/aromatic N) is 3. The van der Waals surface area contributed by atoms with Crippen LogP contribution in [0.2, 0.25) is 0 Å². The molecule has 0 aromatic carbocycles. The van der Waals surface area contributed by atoms with E-state index < -0.39 is 0 Å². The number of hydrogen-bond acceptors (Lipinski definition) is 3. The first-order valence-corrected chi connectivity index (χ1v) is 7.28. The zero-order chi connectivity index (χ0) is 15.4. The number of hydrogen-bond donors (Lipinski definition) is 0. The molecule has 0 saturated carbocycles. The quantitative estimate of drug-likeness (QED) is 0.786. The molecule has 3 heteroatoms. The highest BCUT2D eigenvalue weighted by Gasteiger charge is 1.97. The van der Waals surface area contributed by atoms with E-state index in [0.717, 1.165) is 5.82 Å². The molecular formula is C17H27N3. The van der Waals surface area contributed by atoms with Crippen LogP contribution in [0.4, 0.5) is 0 Å². The van der Waals surface area contributed by atoms with Crippen molar-refractivity contribution in [2.75, 3.05) is 0 Å². The van der Waals surface area contributed by atoms with Gasteiger partial charge in [-0.25, -0.2) is 9.97 Å². The van der Waals surface area contributed by atoms with Crippen molar-refractivity contribution in [1.29, 1.82) is 0 Å². The van der Waals surface area contributed by atoms with Crippen molar-refractivity contribution in [3.8, 4) is 0 Å². The molecular weight excluding hydrogens is 246 g/mol. The van der Waals surface area contributed by atoms with E-state index in [2.05, 4.69) is 42.6 Å². The Morgan fingerprint density at radius 1 is 0.750 bits per heavy atom. The summed E-state index contributed by atoms with van der Waals surface area (Å²) < 4.78 is 0. The Morgan fingerprint density at radius 2 is 1.25 bits per heavy atom. The van der Waals surface area contributed by atoms with E-state index in [-0.39, 0.29) is 0 Å². The summed E-state index contributed by atoms with van der Waals surface area (Å²) in [6, 6.07) is 5.92. The highest BCUT2D eigenvalue weighted by Crippen LogP contribution is 2.10. The van der Waals surface area contributed by atoms with Crippen molar-refractivity contribution in [3.05, 3.63) is 54.4 Å². The van der Waals surface area contributed by atoms with Gasteiger partial charge in [-0.3, -0.25) is 4.98 Å². The number of aromatic nitrogens is 3. The van der Waals surface area contributed by atoms with Crippen LogP contribution in [0.25, 0.3) is 0 Å². The van der Waals surface area contributed by atoms with Crippen LogP contribution in [-0.4, -0.2) is 15.0 Å². The van der Waals surface area contributed by atoms with Gasteiger partial charge in [0.1, 0.15) is 5.82 Å². The van der Waals surface area contributed by atoms with Crippen LogP contribution < -0.4 is 0 Å². The van der Waals surface area contributed by atoms with E-state index in [0.29, 0.717) is 11.8 Å². The predicted molar refractivity (Wildman–Crippen MR) is 85.8 cm³/mol. The Kier molecular flexibility index (Phi) is 10.1. The second kappa shape index (κ2) is 11.1. The smallest absolute Gasteiger partial charge is 0.130 e. The second-order valence-electron chi connectivity index (χ2n) is 4.70. The lowest BCUT2D eigenvalue weighted by molar-refractivity contribution is 0.774. The van der Waals surface area contributed by atoms with Gasteiger partial charge in [0.25, 0.3) is 0 Å². The van der Waals surface area contributed by atoms with Crippen LogP contribution >= 0.6 is 0 Å². The molecule has 2 aromatic rings. The molecule has 0 amide bonds. The van der Waals surface area contributed by atoms with Crippen molar-refractivity contribution in [3.63, 3.8) is 0 Å². The van der Waals surface area contributed by atoms with Gasteiger partial charge in [0.15, 0.2) is 0 Å². The second-order valence-corrected chi connectivity index (χ2v) is 4.70. The molecule has 0 aliphatic heterocycles. The molecule has 2 aromatic heterocycles. The molecule has 2 heterocycles. The zero-order valence-corrected chi connectivity index (χ0v) is 13.5. The summed E-state index contributed by atoms with van der Waals surface area (Å²) in [4.78, 5) is 12.1. The minimum Gasteiger partial charge on any atom is -0.265 e. The van der Waals surface area contributed by atoms with E-state index in [1.807, 2.05) is 44.4 Å². The number of pyridine rings is 1. The Labute approximate surface area is 123 Å². The topological polar surface area (TPSA) is 38.7 Å². The molecule has 0 bridgehead atoms. The van der Waals surface area contributed by atoms with Crippen molar-refractivity contribution in [2.45, 2.75) is 53.4 Å². The Bertz CT molecular complexity index is 381. The SMILES string of the molecule is CC.CC(C)c1ccncc1.CC(C)c1ncccn1. The standard InChI is InChI=1S/C8H11N.C7H10N2.C2H6/c1-7(2)8-3-5-9-6-4-8;1-6(2)7-8-4-3-5-9-7;1-2/h3-7H,1-2H3;3-6H,1-2H3;1-2H3. The lowest BCUT2D eigenvalue weighted by Crippen LogP contribution is -1.93. The summed E-state index contributed by atoms with van der Waals surface area (Å²) in [6.45, 7) is 12.5. The fraction of sp³-hybridized carbons (Fsp3) is 0.471. The van der Waals surface area contributed by atoms with E-state index in [9.17, 15) is 0 Å². The summed E-state index contributed by atoms with van der Waals surface area (Å²) in [5, 5.41) is 0. The van der Waals surface area contributed by atoms with Crippen LogP contribution in [0.5, 0.6) is 0 Å². The first-order valence-electron chi connectivity index (χ1n) is 7.28. The van der Waals surface area contributed by atoms with Crippen LogP contribution in [0.15, 0.2) is 43.0 Å². The van der Waals surface area contributed by atoms with Gasteiger partial charge in [-0.05, 0) is 29.7 Å². The minimum atomic E-state index is 0.436. The predicted octanol–water partition coefficient (Wildman–Crippen LogP) is 4.83. The Hall–Kier alpha value is -1.77. The highest BCUT2D eigenvalue weighted by molar-refractivity contribution is 5.13. The molecule has 3 nitrogen and oxygen atoms in total. The third-order valence-electron chi connectivity index (χ3n) is 2.47. The van der Waals surface area contributed by atoms with Crippen molar-refractivity contribution < 1.29 is 0 Å². The zero-order valence-electron chi connectivity index (χ0n) is 13.5. The summed E-state index contributed by atoms with van der Waals surface area (Å²) >= 11 is 0. The van der Waals surface area contributed by atoms with E-state index >= 15 is 0 Å². The summed E-state index contributed by atoms with van der Waals surface area (Å²) in [6.07, 6.45) is 7.19. The molecule has 2 rings (SSSR count). The number of rotatable bonds is 2. The molecule has 0 spiro atoms. The Balaban J connectivity index is 0.000000321. The van der Waals surface area contributed by atoms with Crippen LogP contribution in [0, 0.1) is 0 Å². The molecule has 20 heavy (non-hydrogen) atoms. The largest absolute Gasteiger partial charge is 0.265 e. The molecule has 0 saturated heterocycles. The van der Waals surface area contributed by atoms with Crippen LogP contribution in [-0.2, 0) is 0 Å². The van der Waals surface area contributed by atoms with Gasteiger partial charge >= 0.3 is 0 Å². The fourth-order valence-electron chi connectivity index (χ4n) is 1.36. The normalized spacial score (nSPS) is 9.40. The molecule has 0 atom stereocenters. The first kappa shape index (κ1) is 18.2. The average molecular weight is 273 g/mol. The molecule has 0 fully saturated rings. The average Bonchev–Trinajstić information content (AvgIpc) is 2.51. The summed E-state index contributed by atoms with van der Waals surface area (Å²) in [5.41, 5.74) is 1.35. The maximum atomic E-state index is 4.07. The maximum Gasteiger partial charge on any atom is 0.130 e. The van der Waals surface area contributed by atoms with Gasteiger partial charge in [-0.1, -0.05) is 41.5 Å². The maximum absolute atomic E-state index is 4.07. The van der Waals surface area contributed by atoms with E-state index in [1.54, 1.807) is 12.4 Å². The van der Waals surface area contributed by atoms with Crippen LogP contribution in [0.1, 0.15) is 64.8 Å². The lowest BCUT2D eigenvalue weighted by atomic mass is 10.1. The monoisotopic (exact) mass is 273 g/mol. The van der Waals surface area contributed by atoms with Crippen LogP contribution in [0.3, 0.4) is 0 Å². The van der Waals surface area contributed by atoms with Gasteiger partial charge in [-0.2, -0.15) is 0 Å². The minimum absolute atomic E-state index is 0.436. The Morgan fingerprint density at radius 3 is 1.55 bits per heavy atom. The summed E-state index contributed by atoms with van der Waals surface area (Å²) in [5.74, 6) is 1.97. The van der Waals surface area contributed by atoms with Gasteiger partial charge in [-0.15, -0.1) is 0 Å². The molecule has 0 aliphatic rings. The van der Waals surface area contributed by atoms with E-state index in [1.165, 1.54) is 5.56 Å². The first-order chi connectivity index (χ1) is 9.61. The molecule has 0 N–H and O–H groups in total. The van der Waals surface area contributed by atoms with E-state index in [4.69, 9.17) is 0 Å². The van der Waals surface area contributed by atoms with Gasteiger partial charge < -0.3 is 0 Å². The van der Waals surface area contributed by atoms with Gasteiger partial charge in [0.2, 0.25) is 0 Å². The highest BCUT2D eigenvalue weighted by atomic mass is 14.9. The summed E-state index contributed by atoms with van der Waals surface area (Å²) in [7, 11) is 0. The molecule has 0 aliphatic carbocycles. The lowest BCUT2D eigenvalue weighted by Gasteiger charge is -2.01. The third-order valence-corrected chi connectivity index (χ3v) is 2.47. The van der Waals surface area contributed by atoms with Crippen molar-refractivity contribution in [2.24, 2.45) is 0 Å². The van der Waals surface area contributed by atoms with Gasteiger partial charge in [0.05, 0.1) is 0 Å². The molecule has 0 unspecified atom stereocenters. The third kappa shape index (κ3) is 7.62. The van der Waals surface area contributed by atoms with Crippen molar-refractivity contribution in [1.82, 2.24) is 15.0 Å².